The molecule has 4 heterocycles. The van der Waals surface area contributed by atoms with E-state index in [-0.39, 0.29) is 17.7 Å². The van der Waals surface area contributed by atoms with Gasteiger partial charge in [-0.15, -0.1) is 11.3 Å². The lowest BCUT2D eigenvalue weighted by Crippen LogP contribution is -2.38. The van der Waals surface area contributed by atoms with Crippen LogP contribution in [0.15, 0.2) is 66.2 Å². The fraction of sp³-hybridized carbons (Fsp3) is 0.241. The maximum atomic E-state index is 13.0. The zero-order valence-corrected chi connectivity index (χ0v) is 21.3. The number of nitrogens with zero attached hydrogens (tertiary/aromatic N) is 3. The quantitative estimate of drug-likeness (QED) is 0.319. The van der Waals surface area contributed by atoms with Crippen LogP contribution < -0.4 is 5.32 Å². The number of piperidine rings is 1. The van der Waals surface area contributed by atoms with E-state index in [1.165, 1.54) is 11.3 Å². The van der Waals surface area contributed by atoms with Crippen LogP contribution >= 0.6 is 11.3 Å². The third-order valence-corrected chi connectivity index (χ3v) is 8.06. The first-order valence-corrected chi connectivity index (χ1v) is 13.4. The van der Waals surface area contributed by atoms with Crippen molar-refractivity contribution in [2.45, 2.75) is 32.1 Å². The Morgan fingerprint density at radius 3 is 2.78 bits per heavy atom. The van der Waals surface area contributed by atoms with Crippen LogP contribution in [0.4, 0.5) is 5.69 Å². The van der Waals surface area contributed by atoms with Gasteiger partial charge in [0.25, 0.3) is 5.91 Å². The number of anilines is 1. The van der Waals surface area contributed by atoms with E-state index in [1.54, 1.807) is 0 Å². The van der Waals surface area contributed by atoms with Gasteiger partial charge in [0.2, 0.25) is 5.91 Å². The van der Waals surface area contributed by atoms with Gasteiger partial charge >= 0.3 is 0 Å². The second-order valence-corrected chi connectivity index (χ2v) is 10.5. The summed E-state index contributed by atoms with van der Waals surface area (Å²) < 4.78 is 0. The summed E-state index contributed by atoms with van der Waals surface area (Å²) >= 11 is 1.52. The second-order valence-electron chi connectivity index (χ2n) is 9.58. The number of thiazole rings is 1. The first-order chi connectivity index (χ1) is 18.0. The summed E-state index contributed by atoms with van der Waals surface area (Å²) in [5.74, 6) is 0.204. The minimum Gasteiger partial charge on any atom is -0.361 e. The average Bonchev–Trinajstić information content (AvgIpc) is 3.57. The highest BCUT2D eigenvalue weighted by molar-refractivity contribution is 7.10. The van der Waals surface area contributed by atoms with Gasteiger partial charge in [0.15, 0.2) is 0 Å². The Balaban J connectivity index is 1.06. The van der Waals surface area contributed by atoms with E-state index < -0.39 is 0 Å². The summed E-state index contributed by atoms with van der Waals surface area (Å²) in [6.45, 7) is 3.37. The van der Waals surface area contributed by atoms with Crippen LogP contribution in [-0.2, 0) is 11.2 Å². The van der Waals surface area contributed by atoms with Crippen molar-refractivity contribution in [3.05, 3.63) is 88.1 Å². The third-order valence-electron chi connectivity index (χ3n) is 7.05. The summed E-state index contributed by atoms with van der Waals surface area (Å²) in [6, 6.07) is 17.7. The van der Waals surface area contributed by atoms with Gasteiger partial charge in [-0.05, 0) is 55.7 Å². The number of pyridine rings is 1. The van der Waals surface area contributed by atoms with E-state index in [0.29, 0.717) is 25.2 Å². The number of aromatic nitrogens is 3. The number of hydrogen-bond acceptors (Lipinski definition) is 5. The first kappa shape index (κ1) is 23.4. The van der Waals surface area contributed by atoms with Gasteiger partial charge in [-0.1, -0.05) is 24.3 Å². The van der Waals surface area contributed by atoms with Crippen LogP contribution in [-0.4, -0.2) is 44.8 Å². The Morgan fingerprint density at radius 2 is 1.92 bits per heavy atom. The molecule has 0 aliphatic carbocycles. The van der Waals surface area contributed by atoms with E-state index in [4.69, 9.17) is 0 Å². The van der Waals surface area contributed by atoms with Gasteiger partial charge in [-0.3, -0.25) is 14.6 Å². The number of fused-ring (bicyclic) bond motifs is 2. The van der Waals surface area contributed by atoms with Crippen LogP contribution in [0, 0.1) is 6.92 Å². The molecule has 1 aliphatic rings. The van der Waals surface area contributed by atoms with Crippen molar-refractivity contribution in [1.29, 1.82) is 0 Å². The van der Waals surface area contributed by atoms with E-state index in [0.717, 1.165) is 56.6 Å². The molecule has 6 rings (SSSR count). The molecule has 1 saturated heterocycles. The van der Waals surface area contributed by atoms with Crippen molar-refractivity contribution < 1.29 is 9.59 Å². The molecule has 0 atom stereocenters. The molecular formula is C29H27N5O2S. The Hall–Kier alpha value is -4.04. The highest BCUT2D eigenvalue weighted by Crippen LogP contribution is 2.31. The lowest BCUT2D eigenvalue weighted by molar-refractivity contribution is -0.131. The van der Waals surface area contributed by atoms with Crippen molar-refractivity contribution in [3.8, 4) is 0 Å². The summed E-state index contributed by atoms with van der Waals surface area (Å²) in [5.41, 5.74) is 5.11. The number of amides is 2. The number of aryl methyl sites for hydroxylation is 1. The lowest BCUT2D eigenvalue weighted by atomic mass is 9.97. The highest BCUT2D eigenvalue weighted by Gasteiger charge is 2.27. The van der Waals surface area contributed by atoms with Gasteiger partial charge < -0.3 is 15.2 Å². The summed E-state index contributed by atoms with van der Waals surface area (Å²) in [6.07, 6.45) is 4.05. The molecule has 0 spiro atoms. The summed E-state index contributed by atoms with van der Waals surface area (Å²) in [7, 11) is 0. The number of para-hydroxylation sites is 1. The molecule has 7 nitrogen and oxygen atoms in total. The number of rotatable bonds is 5. The van der Waals surface area contributed by atoms with E-state index >= 15 is 0 Å². The third kappa shape index (κ3) is 4.84. The Bertz CT molecular complexity index is 1610. The normalized spacial score (nSPS) is 14.4. The number of H-pyrrole nitrogens is 1. The molecule has 37 heavy (non-hydrogen) atoms. The van der Waals surface area contributed by atoms with E-state index in [2.05, 4.69) is 26.3 Å². The number of aromatic amines is 1. The topological polar surface area (TPSA) is 91.0 Å². The van der Waals surface area contributed by atoms with E-state index in [9.17, 15) is 9.59 Å². The van der Waals surface area contributed by atoms with Crippen molar-refractivity contribution in [1.82, 2.24) is 19.9 Å². The zero-order chi connectivity index (χ0) is 25.4. The molecule has 186 valence electrons. The average molecular weight is 510 g/mol. The van der Waals surface area contributed by atoms with Crippen molar-refractivity contribution in [2.24, 2.45) is 0 Å². The maximum absolute atomic E-state index is 13.0. The molecular weight excluding hydrogens is 482 g/mol. The predicted octanol–water partition coefficient (Wildman–Crippen LogP) is 5.68. The number of nitrogens with one attached hydrogen (secondary N) is 2. The minimum absolute atomic E-state index is 0.156. The van der Waals surface area contributed by atoms with Gasteiger partial charge in [0, 0.05) is 58.3 Å². The molecule has 3 aromatic heterocycles. The molecule has 8 heteroatoms. The highest BCUT2D eigenvalue weighted by atomic mass is 32.1. The number of carbonyl (C=O) groups excluding carboxylic acids is 2. The lowest BCUT2D eigenvalue weighted by Gasteiger charge is -2.31. The van der Waals surface area contributed by atoms with Crippen molar-refractivity contribution in [2.75, 3.05) is 18.4 Å². The minimum atomic E-state index is -0.215. The SMILES string of the molecule is Cc1ccc2cc(NC(=O)c3csc(C4CCN(C(=O)Cc5c[nH]c6ccccc56)CC4)n3)ccc2n1. The number of benzene rings is 2. The molecule has 5 aromatic rings. The van der Waals surface area contributed by atoms with Gasteiger partial charge in [0.1, 0.15) is 5.69 Å². The molecule has 0 unspecified atom stereocenters. The standard InChI is InChI=1S/C29H27N5O2S/c1-18-6-7-20-14-22(8-9-24(20)31-18)32-28(36)26-17-37-29(33-26)19-10-12-34(13-11-19)27(35)15-21-16-30-25-5-3-2-4-23(21)25/h2-9,14,16-17,19,30H,10-13,15H2,1H3,(H,32,36). The van der Waals surface area contributed by atoms with Crippen LogP contribution in [0.3, 0.4) is 0 Å². The van der Waals surface area contributed by atoms with Crippen LogP contribution in [0.5, 0.6) is 0 Å². The van der Waals surface area contributed by atoms with Crippen molar-refractivity contribution in [3.63, 3.8) is 0 Å². The Kier molecular flexibility index (Phi) is 6.18. The molecule has 2 amide bonds. The zero-order valence-electron chi connectivity index (χ0n) is 20.5. The van der Waals surface area contributed by atoms with Crippen LogP contribution in [0.25, 0.3) is 21.8 Å². The smallest absolute Gasteiger partial charge is 0.275 e. The fourth-order valence-corrected chi connectivity index (χ4v) is 5.98. The Labute approximate surface area is 218 Å². The fourth-order valence-electron chi connectivity index (χ4n) is 5.01. The molecule has 0 saturated carbocycles. The molecule has 0 radical (unpaired) electrons. The molecule has 0 bridgehead atoms. The Morgan fingerprint density at radius 1 is 1.08 bits per heavy atom. The van der Waals surface area contributed by atoms with Crippen molar-refractivity contribution >= 4 is 50.6 Å². The van der Waals surface area contributed by atoms with E-state index in [1.807, 2.05) is 71.9 Å². The molecule has 1 fully saturated rings. The molecule has 2 aromatic carbocycles. The monoisotopic (exact) mass is 509 g/mol. The van der Waals surface area contributed by atoms with Gasteiger partial charge in [-0.2, -0.15) is 0 Å². The number of carbonyl (C=O) groups is 2. The maximum Gasteiger partial charge on any atom is 0.275 e. The number of hydrogen-bond donors (Lipinski definition) is 2. The van der Waals surface area contributed by atoms with Crippen LogP contribution in [0.2, 0.25) is 0 Å². The molecule has 1 aliphatic heterocycles. The first-order valence-electron chi connectivity index (χ1n) is 12.5. The van der Waals surface area contributed by atoms with Gasteiger partial charge in [0.05, 0.1) is 16.9 Å². The molecule has 2 N–H and O–H groups in total. The van der Waals surface area contributed by atoms with Crippen LogP contribution in [0.1, 0.15) is 45.5 Å². The predicted molar refractivity (Wildman–Crippen MR) is 147 cm³/mol. The largest absolute Gasteiger partial charge is 0.361 e. The summed E-state index contributed by atoms with van der Waals surface area (Å²) in [4.78, 5) is 40.2. The summed E-state index contributed by atoms with van der Waals surface area (Å²) in [5, 5.41) is 7.83. The van der Waals surface area contributed by atoms with Gasteiger partial charge in [-0.25, -0.2) is 4.98 Å². The second kappa shape index (κ2) is 9.78. The number of likely N-dealkylation sites (tertiary alicyclic amines) is 1.